The molecule has 0 saturated carbocycles. The van der Waals surface area contributed by atoms with E-state index >= 15 is 0 Å². The lowest BCUT2D eigenvalue weighted by atomic mass is 9.62. The summed E-state index contributed by atoms with van der Waals surface area (Å²) < 4.78 is 0. The highest BCUT2D eigenvalue weighted by Gasteiger charge is 2.70. The quantitative estimate of drug-likeness (QED) is 0.272. The maximum atomic E-state index is 14.7. The molecular formula is C33H22Cl2N2O3. The van der Waals surface area contributed by atoms with Crippen LogP contribution in [0.3, 0.4) is 0 Å². The molecule has 0 aliphatic carbocycles. The number of amides is 1. The second-order valence-corrected chi connectivity index (χ2v) is 11.2. The van der Waals surface area contributed by atoms with Gasteiger partial charge in [0.25, 0.3) is 0 Å². The second kappa shape index (κ2) is 9.19. The summed E-state index contributed by atoms with van der Waals surface area (Å²) in [6.45, 7) is 0. The minimum atomic E-state index is -1.37. The summed E-state index contributed by atoms with van der Waals surface area (Å²) in [4.78, 5) is 45.5. The normalized spacial score (nSPS) is 23.9. The predicted octanol–water partition coefficient (Wildman–Crippen LogP) is 6.98. The Labute approximate surface area is 241 Å². The van der Waals surface area contributed by atoms with Crippen LogP contribution in [0.2, 0.25) is 10.0 Å². The minimum absolute atomic E-state index is 0.257. The van der Waals surface area contributed by atoms with Crippen molar-refractivity contribution < 1.29 is 14.4 Å². The van der Waals surface area contributed by atoms with Gasteiger partial charge in [-0.15, -0.1) is 0 Å². The number of nitrogens with zero attached hydrogens (tertiary/aromatic N) is 1. The van der Waals surface area contributed by atoms with Crippen LogP contribution in [0.25, 0.3) is 6.08 Å². The van der Waals surface area contributed by atoms with E-state index in [0.29, 0.717) is 32.4 Å². The van der Waals surface area contributed by atoms with E-state index in [-0.39, 0.29) is 17.5 Å². The van der Waals surface area contributed by atoms with Crippen molar-refractivity contribution in [1.29, 1.82) is 0 Å². The molecule has 40 heavy (non-hydrogen) atoms. The maximum absolute atomic E-state index is 14.7. The fraction of sp³-hybridized carbons (Fsp3) is 0.121. The standard InChI is InChI=1S/C33H22Cl2N2O3/c34-22-13-9-20(10-14-22)29(38)27-28(30(39)21-11-15-23(35)16-12-21)37-18-17-19-5-1-2-6-24(19)31(37)33(27)25-7-3-4-8-26(25)36-32(33)40/h1-18,27-28,31H,(H,36,40)/t27-,28+,31+,33-/m1/s1. The molecule has 7 rings (SSSR count). The van der Waals surface area contributed by atoms with E-state index in [2.05, 4.69) is 5.32 Å². The van der Waals surface area contributed by atoms with Gasteiger partial charge >= 0.3 is 0 Å². The Morgan fingerprint density at radius 2 is 1.35 bits per heavy atom. The zero-order valence-electron chi connectivity index (χ0n) is 21.1. The number of hydrogen-bond acceptors (Lipinski definition) is 4. The smallest absolute Gasteiger partial charge is 0.238 e. The first-order valence-corrected chi connectivity index (χ1v) is 13.7. The van der Waals surface area contributed by atoms with Gasteiger partial charge < -0.3 is 10.2 Å². The molecule has 1 amide bonds. The second-order valence-electron chi connectivity index (χ2n) is 10.3. The number of nitrogens with one attached hydrogen (secondary N) is 1. The number of benzene rings is 4. The van der Waals surface area contributed by atoms with E-state index in [1.807, 2.05) is 65.7 Å². The zero-order chi connectivity index (χ0) is 27.6. The molecule has 0 radical (unpaired) electrons. The summed E-state index contributed by atoms with van der Waals surface area (Å²) in [6, 6.07) is 27.0. The third-order valence-corrected chi connectivity index (χ3v) is 8.88. The molecule has 1 fully saturated rings. The predicted molar refractivity (Wildman–Crippen MR) is 156 cm³/mol. The van der Waals surface area contributed by atoms with Gasteiger partial charge in [-0.3, -0.25) is 14.4 Å². The van der Waals surface area contributed by atoms with Gasteiger partial charge in [-0.2, -0.15) is 0 Å². The van der Waals surface area contributed by atoms with Gasteiger partial charge in [-0.25, -0.2) is 0 Å². The van der Waals surface area contributed by atoms with E-state index < -0.39 is 23.4 Å². The van der Waals surface area contributed by atoms with Crippen LogP contribution >= 0.6 is 23.2 Å². The Bertz CT molecular complexity index is 1730. The SMILES string of the molecule is O=C(c1ccc(Cl)cc1)[C@@H]1[C@H](C(=O)c2ccc(Cl)cc2)[C@@]2(C(=O)Nc3ccccc32)[C@@H]2c3ccccc3C=CN12. The van der Waals surface area contributed by atoms with Crippen LogP contribution in [0.1, 0.15) is 43.4 Å². The van der Waals surface area contributed by atoms with Crippen molar-refractivity contribution in [2.45, 2.75) is 17.5 Å². The average Bonchev–Trinajstić information content (AvgIpc) is 3.45. The van der Waals surface area contributed by atoms with Crippen LogP contribution in [0.4, 0.5) is 5.69 Å². The molecule has 1 spiro atoms. The van der Waals surface area contributed by atoms with Gasteiger partial charge in [0.05, 0.1) is 12.0 Å². The number of halogens is 2. The summed E-state index contributed by atoms with van der Waals surface area (Å²) >= 11 is 12.3. The van der Waals surface area contributed by atoms with Crippen molar-refractivity contribution in [1.82, 2.24) is 4.90 Å². The molecule has 3 aliphatic rings. The molecular weight excluding hydrogens is 543 g/mol. The summed E-state index contributed by atoms with van der Waals surface area (Å²) in [7, 11) is 0. The average molecular weight is 565 g/mol. The molecule has 3 aliphatic heterocycles. The molecule has 0 bridgehead atoms. The monoisotopic (exact) mass is 564 g/mol. The number of ketones is 2. The number of anilines is 1. The topological polar surface area (TPSA) is 66.5 Å². The number of rotatable bonds is 4. The molecule has 4 aromatic rings. The Morgan fingerprint density at radius 1 is 0.750 bits per heavy atom. The van der Waals surface area contributed by atoms with Crippen molar-refractivity contribution >= 4 is 52.4 Å². The van der Waals surface area contributed by atoms with Gasteiger partial charge in [-0.05, 0) is 77.4 Å². The first-order chi connectivity index (χ1) is 19.4. The van der Waals surface area contributed by atoms with Crippen LogP contribution in [0, 0.1) is 5.92 Å². The summed E-state index contributed by atoms with van der Waals surface area (Å²) in [5.74, 6) is -1.89. The molecule has 7 heteroatoms. The van der Waals surface area contributed by atoms with E-state index in [1.54, 1.807) is 48.5 Å². The summed E-state index contributed by atoms with van der Waals surface area (Å²) in [5.41, 5.74) is 2.61. The molecule has 4 atom stereocenters. The van der Waals surface area contributed by atoms with E-state index in [9.17, 15) is 14.4 Å². The number of para-hydroxylation sites is 1. The van der Waals surface area contributed by atoms with Crippen LogP contribution in [-0.4, -0.2) is 28.4 Å². The van der Waals surface area contributed by atoms with Crippen molar-refractivity contribution in [3.8, 4) is 0 Å². The van der Waals surface area contributed by atoms with Crippen LogP contribution < -0.4 is 5.32 Å². The minimum Gasteiger partial charge on any atom is -0.358 e. The first kappa shape index (κ1) is 24.8. The molecule has 1 saturated heterocycles. The van der Waals surface area contributed by atoms with Crippen LogP contribution in [0.5, 0.6) is 0 Å². The molecule has 1 N–H and O–H groups in total. The Kier molecular flexibility index (Phi) is 5.70. The number of hydrogen-bond donors (Lipinski definition) is 1. The third kappa shape index (κ3) is 3.44. The largest absolute Gasteiger partial charge is 0.358 e. The maximum Gasteiger partial charge on any atom is 0.238 e. The van der Waals surface area contributed by atoms with Gasteiger partial charge in [0.15, 0.2) is 11.6 Å². The molecule has 3 heterocycles. The van der Waals surface area contributed by atoms with Crippen molar-refractivity contribution in [2.24, 2.45) is 5.92 Å². The molecule has 4 aromatic carbocycles. The van der Waals surface area contributed by atoms with Gasteiger partial charge in [-0.1, -0.05) is 65.7 Å². The molecule has 5 nitrogen and oxygen atoms in total. The first-order valence-electron chi connectivity index (χ1n) is 13.0. The highest BCUT2D eigenvalue weighted by Crippen LogP contribution is 2.62. The lowest BCUT2D eigenvalue weighted by Crippen LogP contribution is -2.49. The van der Waals surface area contributed by atoms with Crippen LogP contribution in [-0.2, 0) is 10.2 Å². The lowest BCUT2D eigenvalue weighted by Gasteiger charge is -2.38. The van der Waals surface area contributed by atoms with Gasteiger partial charge in [0.1, 0.15) is 11.5 Å². The Morgan fingerprint density at radius 3 is 2.05 bits per heavy atom. The summed E-state index contributed by atoms with van der Waals surface area (Å²) in [6.07, 6.45) is 3.80. The van der Waals surface area contributed by atoms with Crippen LogP contribution in [0.15, 0.2) is 103 Å². The number of carbonyl (C=O) groups excluding carboxylic acids is 3. The molecule has 0 aromatic heterocycles. The third-order valence-electron chi connectivity index (χ3n) is 8.38. The van der Waals surface area contributed by atoms with Crippen molar-refractivity contribution in [3.05, 3.63) is 141 Å². The highest BCUT2D eigenvalue weighted by atomic mass is 35.5. The Balaban J connectivity index is 1.53. The van der Waals surface area contributed by atoms with E-state index in [0.717, 1.165) is 11.1 Å². The van der Waals surface area contributed by atoms with E-state index in [1.165, 1.54) is 0 Å². The summed E-state index contributed by atoms with van der Waals surface area (Å²) in [5, 5.41) is 4.05. The van der Waals surface area contributed by atoms with Crippen molar-refractivity contribution in [2.75, 3.05) is 5.32 Å². The fourth-order valence-electron chi connectivity index (χ4n) is 6.75. The number of fused-ring (bicyclic) bond motifs is 6. The molecule has 196 valence electrons. The molecule has 0 unspecified atom stereocenters. The van der Waals surface area contributed by atoms with Crippen molar-refractivity contribution in [3.63, 3.8) is 0 Å². The number of Topliss-reactive ketones (excluding diaryl/α,β-unsaturated/α-hetero) is 2. The van der Waals surface area contributed by atoms with E-state index in [4.69, 9.17) is 23.2 Å². The van der Waals surface area contributed by atoms with Gasteiger partial charge in [0.2, 0.25) is 5.91 Å². The Hall–Kier alpha value is -4.19. The fourth-order valence-corrected chi connectivity index (χ4v) is 7.00. The lowest BCUT2D eigenvalue weighted by molar-refractivity contribution is -0.122. The zero-order valence-corrected chi connectivity index (χ0v) is 22.6. The van der Waals surface area contributed by atoms with Gasteiger partial charge in [0, 0.05) is 33.1 Å². The number of carbonyl (C=O) groups is 3. The highest BCUT2D eigenvalue weighted by molar-refractivity contribution is 6.31.